The first-order valence-electron chi connectivity index (χ1n) is 8.71. The largest absolute Gasteiger partial charge is 0.490 e. The van der Waals surface area contributed by atoms with E-state index in [4.69, 9.17) is 15.2 Å². The summed E-state index contributed by atoms with van der Waals surface area (Å²) in [7, 11) is 0. The Morgan fingerprint density at radius 3 is 2.37 bits per heavy atom. The molecule has 0 aliphatic rings. The van der Waals surface area contributed by atoms with Crippen LogP contribution in [0.4, 0.5) is 17.1 Å². The van der Waals surface area contributed by atoms with E-state index < -0.39 is 10.8 Å². The van der Waals surface area contributed by atoms with E-state index in [1.165, 1.54) is 12.1 Å². The molecule has 0 aliphatic carbocycles. The van der Waals surface area contributed by atoms with Gasteiger partial charge in [-0.05, 0) is 37.1 Å². The molecular weight excluding hydrogens is 350 g/mol. The number of ether oxygens (including phenoxy) is 2. The van der Waals surface area contributed by atoms with Crippen molar-refractivity contribution in [3.05, 3.63) is 52.1 Å². The molecule has 0 saturated carbocycles. The maximum absolute atomic E-state index is 12.4. The summed E-state index contributed by atoms with van der Waals surface area (Å²) in [4.78, 5) is 22.8. The number of hydrogen-bond donors (Lipinski definition) is 2. The molecule has 27 heavy (non-hydrogen) atoms. The summed E-state index contributed by atoms with van der Waals surface area (Å²) >= 11 is 0. The lowest BCUT2D eigenvalue weighted by Gasteiger charge is -2.14. The highest BCUT2D eigenvalue weighted by Crippen LogP contribution is 2.31. The second-order valence-corrected chi connectivity index (χ2v) is 5.84. The van der Waals surface area contributed by atoms with Crippen LogP contribution in [0.5, 0.6) is 11.5 Å². The first-order valence-corrected chi connectivity index (χ1v) is 8.71. The van der Waals surface area contributed by atoms with Gasteiger partial charge in [-0.1, -0.05) is 13.8 Å². The molecule has 3 N–H and O–H groups in total. The monoisotopic (exact) mass is 373 g/mol. The van der Waals surface area contributed by atoms with Gasteiger partial charge in [0.05, 0.1) is 18.1 Å². The Balaban J connectivity index is 2.21. The van der Waals surface area contributed by atoms with Gasteiger partial charge in [-0.3, -0.25) is 14.9 Å². The van der Waals surface area contributed by atoms with E-state index in [0.717, 1.165) is 18.9 Å². The Hall–Kier alpha value is -3.29. The second-order valence-electron chi connectivity index (χ2n) is 5.84. The number of anilines is 2. The second kappa shape index (κ2) is 9.42. The minimum Gasteiger partial charge on any atom is -0.490 e. The van der Waals surface area contributed by atoms with Crippen LogP contribution in [-0.2, 0) is 0 Å². The summed E-state index contributed by atoms with van der Waals surface area (Å²) in [5.41, 5.74) is 5.89. The van der Waals surface area contributed by atoms with Crippen molar-refractivity contribution in [1.82, 2.24) is 0 Å². The number of nitrogens with zero attached hydrogens (tertiary/aromatic N) is 1. The van der Waals surface area contributed by atoms with Crippen LogP contribution in [0.1, 0.15) is 37.0 Å². The van der Waals surface area contributed by atoms with E-state index in [1.807, 2.05) is 13.8 Å². The SMILES string of the molecule is CCCOc1ccc(NC(=O)c2ccc(N)c([N+](=O)[O-])c2)cc1OCCC. The number of rotatable bonds is 9. The van der Waals surface area contributed by atoms with Gasteiger partial charge < -0.3 is 20.5 Å². The fraction of sp³-hybridized carbons (Fsp3) is 0.316. The Morgan fingerprint density at radius 1 is 1.07 bits per heavy atom. The van der Waals surface area contributed by atoms with Gasteiger partial charge in [0.15, 0.2) is 11.5 Å². The average molecular weight is 373 g/mol. The van der Waals surface area contributed by atoms with Gasteiger partial charge in [0.2, 0.25) is 0 Å². The Bertz CT molecular complexity index is 823. The quantitative estimate of drug-likeness (QED) is 0.390. The normalized spacial score (nSPS) is 10.3. The third kappa shape index (κ3) is 5.34. The fourth-order valence-corrected chi connectivity index (χ4v) is 2.29. The van der Waals surface area contributed by atoms with E-state index in [9.17, 15) is 14.9 Å². The van der Waals surface area contributed by atoms with Crippen molar-refractivity contribution in [2.24, 2.45) is 0 Å². The van der Waals surface area contributed by atoms with Crippen LogP contribution in [0.3, 0.4) is 0 Å². The van der Waals surface area contributed by atoms with Crippen LogP contribution in [0.25, 0.3) is 0 Å². The highest BCUT2D eigenvalue weighted by Gasteiger charge is 2.16. The van der Waals surface area contributed by atoms with Crippen molar-refractivity contribution in [3.8, 4) is 11.5 Å². The number of nitrogen functional groups attached to an aromatic ring is 1. The summed E-state index contributed by atoms with van der Waals surface area (Å²) in [5, 5.41) is 13.7. The van der Waals surface area contributed by atoms with Crippen LogP contribution < -0.4 is 20.5 Å². The lowest BCUT2D eigenvalue weighted by atomic mass is 10.1. The molecule has 0 spiro atoms. The zero-order chi connectivity index (χ0) is 19.8. The van der Waals surface area contributed by atoms with E-state index >= 15 is 0 Å². The molecule has 0 aliphatic heterocycles. The molecule has 8 nitrogen and oxygen atoms in total. The van der Waals surface area contributed by atoms with Crippen molar-refractivity contribution in [2.45, 2.75) is 26.7 Å². The Kier molecular flexibility index (Phi) is 6.99. The lowest BCUT2D eigenvalue weighted by molar-refractivity contribution is -0.383. The standard InChI is InChI=1S/C19H23N3O5/c1-3-9-26-17-8-6-14(12-18(17)27-10-4-2)21-19(23)13-5-7-15(20)16(11-13)22(24)25/h5-8,11-12H,3-4,9-10,20H2,1-2H3,(H,21,23). The van der Waals surface area contributed by atoms with Crippen LogP contribution in [0.2, 0.25) is 0 Å². The molecule has 0 unspecified atom stereocenters. The fourth-order valence-electron chi connectivity index (χ4n) is 2.29. The van der Waals surface area contributed by atoms with Gasteiger partial charge in [0.25, 0.3) is 11.6 Å². The van der Waals surface area contributed by atoms with Crippen LogP contribution in [-0.4, -0.2) is 24.0 Å². The van der Waals surface area contributed by atoms with Gasteiger partial charge >= 0.3 is 0 Å². The van der Waals surface area contributed by atoms with Crippen molar-refractivity contribution < 1.29 is 19.2 Å². The first kappa shape index (κ1) is 20.0. The maximum Gasteiger partial charge on any atom is 0.292 e. The molecule has 144 valence electrons. The molecule has 0 aromatic heterocycles. The predicted molar refractivity (Wildman–Crippen MR) is 103 cm³/mol. The van der Waals surface area contributed by atoms with E-state index in [-0.39, 0.29) is 16.9 Å². The van der Waals surface area contributed by atoms with Gasteiger partial charge in [-0.25, -0.2) is 0 Å². The number of carbonyl (C=O) groups excluding carboxylic acids is 1. The van der Waals surface area contributed by atoms with E-state index in [0.29, 0.717) is 30.4 Å². The van der Waals surface area contributed by atoms with Gasteiger partial charge in [0.1, 0.15) is 5.69 Å². The number of benzene rings is 2. The highest BCUT2D eigenvalue weighted by molar-refractivity contribution is 6.05. The molecule has 0 atom stereocenters. The number of carbonyl (C=O) groups is 1. The zero-order valence-electron chi connectivity index (χ0n) is 15.4. The van der Waals surface area contributed by atoms with Crippen molar-refractivity contribution in [3.63, 3.8) is 0 Å². The molecular formula is C19H23N3O5. The molecule has 0 heterocycles. The number of nitro benzene ring substituents is 1. The maximum atomic E-state index is 12.4. The summed E-state index contributed by atoms with van der Waals surface area (Å²) in [6.07, 6.45) is 1.69. The molecule has 0 bridgehead atoms. The Labute approximate surface area is 157 Å². The topological polar surface area (TPSA) is 117 Å². The minimum absolute atomic E-state index is 0.00391. The summed E-state index contributed by atoms with van der Waals surface area (Å²) in [6.45, 7) is 5.08. The summed E-state index contributed by atoms with van der Waals surface area (Å²) < 4.78 is 11.4. The molecule has 2 rings (SSSR count). The predicted octanol–water partition coefficient (Wildman–Crippen LogP) is 4.01. The van der Waals surface area contributed by atoms with E-state index in [2.05, 4.69) is 5.32 Å². The third-order valence-electron chi connectivity index (χ3n) is 3.61. The summed E-state index contributed by atoms with van der Waals surface area (Å²) in [5.74, 6) is 0.652. The van der Waals surface area contributed by atoms with Crippen LogP contribution in [0.15, 0.2) is 36.4 Å². The number of amides is 1. The highest BCUT2D eigenvalue weighted by atomic mass is 16.6. The van der Waals surface area contributed by atoms with Gasteiger partial charge in [-0.2, -0.15) is 0 Å². The number of nitrogens with one attached hydrogen (secondary N) is 1. The molecule has 0 fully saturated rings. The minimum atomic E-state index is -0.622. The molecule has 0 radical (unpaired) electrons. The van der Waals surface area contributed by atoms with Gasteiger partial charge in [-0.15, -0.1) is 0 Å². The zero-order valence-corrected chi connectivity index (χ0v) is 15.4. The molecule has 1 amide bonds. The molecule has 0 saturated heterocycles. The van der Waals surface area contributed by atoms with Gasteiger partial charge in [0, 0.05) is 23.4 Å². The number of nitrogens with two attached hydrogens (primary N) is 1. The van der Waals surface area contributed by atoms with Crippen LogP contribution >= 0.6 is 0 Å². The smallest absolute Gasteiger partial charge is 0.292 e. The first-order chi connectivity index (χ1) is 13.0. The number of nitro groups is 1. The van der Waals surface area contributed by atoms with Crippen LogP contribution in [0, 0.1) is 10.1 Å². The molecule has 8 heteroatoms. The number of hydrogen-bond acceptors (Lipinski definition) is 6. The van der Waals surface area contributed by atoms with Crippen molar-refractivity contribution in [2.75, 3.05) is 24.3 Å². The summed E-state index contributed by atoms with van der Waals surface area (Å²) in [6, 6.07) is 9.01. The van der Waals surface area contributed by atoms with E-state index in [1.54, 1.807) is 18.2 Å². The molecule has 2 aromatic rings. The average Bonchev–Trinajstić information content (AvgIpc) is 2.65. The van der Waals surface area contributed by atoms with Crippen molar-refractivity contribution >= 4 is 23.0 Å². The van der Waals surface area contributed by atoms with Crippen molar-refractivity contribution in [1.29, 1.82) is 0 Å². The Morgan fingerprint density at radius 2 is 1.74 bits per heavy atom. The lowest BCUT2D eigenvalue weighted by Crippen LogP contribution is -2.13. The molecule has 2 aromatic carbocycles. The third-order valence-corrected chi connectivity index (χ3v) is 3.61.